The molecule has 1 amide bonds. The molecule has 1 aliphatic rings. The van der Waals surface area contributed by atoms with Gasteiger partial charge in [0.1, 0.15) is 17.4 Å². The van der Waals surface area contributed by atoms with Gasteiger partial charge in [0.05, 0.1) is 4.90 Å². The van der Waals surface area contributed by atoms with Gasteiger partial charge in [0.15, 0.2) is 6.61 Å². The standard InChI is InChI=1S/C20H22FN3O4S/c21-15-6-4-8-17(12-15)28-14-20(25)23-16-7-5-9-18(13-16)29(26,27)24-19-10-2-1-3-11-22-19/h4-9,12-13H,1-3,10-11,14H2,(H,22,24)(H,23,25). The molecule has 1 aliphatic heterocycles. The van der Waals surface area contributed by atoms with E-state index in [0.29, 0.717) is 24.5 Å². The van der Waals surface area contributed by atoms with Crippen molar-refractivity contribution in [3.63, 3.8) is 0 Å². The molecule has 0 fully saturated rings. The van der Waals surface area contributed by atoms with Gasteiger partial charge in [-0.25, -0.2) is 12.8 Å². The average molecular weight is 419 g/mol. The molecule has 2 aromatic carbocycles. The van der Waals surface area contributed by atoms with E-state index in [2.05, 4.69) is 15.0 Å². The molecule has 0 unspecified atom stereocenters. The van der Waals surface area contributed by atoms with E-state index in [0.717, 1.165) is 19.3 Å². The molecular weight excluding hydrogens is 397 g/mol. The summed E-state index contributed by atoms with van der Waals surface area (Å²) in [5.41, 5.74) is 0.309. The van der Waals surface area contributed by atoms with Gasteiger partial charge >= 0.3 is 0 Å². The first-order chi connectivity index (χ1) is 13.9. The van der Waals surface area contributed by atoms with Crippen LogP contribution in [0, 0.1) is 5.82 Å². The highest BCUT2D eigenvalue weighted by Crippen LogP contribution is 2.17. The van der Waals surface area contributed by atoms with Crippen molar-refractivity contribution < 1.29 is 22.3 Å². The zero-order chi connectivity index (χ0) is 20.7. The molecular formula is C20H22FN3O4S. The number of aliphatic imine (C=N–C) groups is 1. The first kappa shape index (κ1) is 20.8. The molecule has 1 heterocycles. The SMILES string of the molecule is O=C(COc1cccc(F)c1)Nc1cccc(S(=O)(=O)NC2=NCCCCC2)c1. The largest absolute Gasteiger partial charge is 0.484 e. The Bertz CT molecular complexity index is 1010. The van der Waals surface area contributed by atoms with Gasteiger partial charge in [0.2, 0.25) is 0 Å². The number of benzene rings is 2. The van der Waals surface area contributed by atoms with Crippen LogP contribution in [-0.2, 0) is 14.8 Å². The monoisotopic (exact) mass is 419 g/mol. The summed E-state index contributed by atoms with van der Waals surface area (Å²) in [4.78, 5) is 16.4. The van der Waals surface area contributed by atoms with Gasteiger partial charge in [-0.05, 0) is 43.2 Å². The number of amides is 1. The van der Waals surface area contributed by atoms with Gasteiger partial charge in [-0.2, -0.15) is 0 Å². The van der Waals surface area contributed by atoms with Gasteiger partial charge in [0.25, 0.3) is 15.9 Å². The molecule has 0 saturated carbocycles. The predicted octanol–water partition coefficient (Wildman–Crippen LogP) is 3.09. The maximum Gasteiger partial charge on any atom is 0.262 e. The molecule has 0 atom stereocenters. The lowest BCUT2D eigenvalue weighted by molar-refractivity contribution is -0.118. The minimum Gasteiger partial charge on any atom is -0.484 e. The maximum atomic E-state index is 13.1. The minimum atomic E-state index is -3.80. The molecule has 2 N–H and O–H groups in total. The first-order valence-corrected chi connectivity index (χ1v) is 10.8. The molecule has 0 bridgehead atoms. The third kappa shape index (κ3) is 6.28. The molecule has 3 rings (SSSR count). The molecule has 154 valence electrons. The summed E-state index contributed by atoms with van der Waals surface area (Å²) in [6.07, 6.45) is 3.45. The maximum absolute atomic E-state index is 13.1. The highest BCUT2D eigenvalue weighted by atomic mass is 32.2. The van der Waals surface area contributed by atoms with Crippen LogP contribution in [0.15, 0.2) is 58.4 Å². The molecule has 29 heavy (non-hydrogen) atoms. The molecule has 0 aromatic heterocycles. The van der Waals surface area contributed by atoms with Crippen molar-refractivity contribution >= 4 is 27.5 Å². The van der Waals surface area contributed by atoms with Crippen molar-refractivity contribution in [1.82, 2.24) is 4.72 Å². The minimum absolute atomic E-state index is 0.0216. The smallest absolute Gasteiger partial charge is 0.262 e. The number of sulfonamides is 1. The molecule has 7 nitrogen and oxygen atoms in total. The first-order valence-electron chi connectivity index (χ1n) is 9.27. The number of hydrogen-bond acceptors (Lipinski definition) is 5. The Morgan fingerprint density at radius 3 is 2.76 bits per heavy atom. The van der Waals surface area contributed by atoms with Gasteiger partial charge in [-0.15, -0.1) is 0 Å². The van der Waals surface area contributed by atoms with Crippen LogP contribution >= 0.6 is 0 Å². The Balaban J connectivity index is 1.62. The van der Waals surface area contributed by atoms with E-state index in [1.54, 1.807) is 6.07 Å². The molecule has 0 saturated heterocycles. The van der Waals surface area contributed by atoms with Crippen molar-refractivity contribution in [2.24, 2.45) is 4.99 Å². The van der Waals surface area contributed by atoms with Crippen LogP contribution in [0.2, 0.25) is 0 Å². The molecule has 0 aliphatic carbocycles. The van der Waals surface area contributed by atoms with Gasteiger partial charge in [-0.1, -0.05) is 18.6 Å². The van der Waals surface area contributed by atoms with Crippen molar-refractivity contribution in [3.8, 4) is 5.75 Å². The Morgan fingerprint density at radius 2 is 1.93 bits per heavy atom. The van der Waals surface area contributed by atoms with E-state index in [1.165, 1.54) is 42.5 Å². The Labute approximate surface area is 169 Å². The topological polar surface area (TPSA) is 96.9 Å². The second-order valence-corrected chi connectivity index (χ2v) is 8.25. The normalized spacial score (nSPS) is 14.4. The number of nitrogens with zero attached hydrogens (tertiary/aromatic N) is 1. The lowest BCUT2D eigenvalue weighted by atomic mass is 10.2. The fourth-order valence-corrected chi connectivity index (χ4v) is 3.95. The average Bonchev–Trinajstić information content (AvgIpc) is 2.95. The van der Waals surface area contributed by atoms with E-state index in [1.807, 2.05) is 0 Å². The van der Waals surface area contributed by atoms with Crippen molar-refractivity contribution in [2.75, 3.05) is 18.5 Å². The Hall–Kier alpha value is -2.94. The van der Waals surface area contributed by atoms with Crippen molar-refractivity contribution in [1.29, 1.82) is 0 Å². The van der Waals surface area contributed by atoms with Crippen LogP contribution in [0.5, 0.6) is 5.75 Å². The van der Waals surface area contributed by atoms with E-state index in [-0.39, 0.29) is 17.3 Å². The number of carbonyl (C=O) groups is 1. The highest BCUT2D eigenvalue weighted by Gasteiger charge is 2.18. The summed E-state index contributed by atoms with van der Waals surface area (Å²) in [7, 11) is -3.80. The number of hydrogen-bond donors (Lipinski definition) is 2. The number of anilines is 1. The zero-order valence-electron chi connectivity index (χ0n) is 15.7. The Kier molecular flexibility index (Phi) is 6.82. The van der Waals surface area contributed by atoms with E-state index in [4.69, 9.17) is 4.74 Å². The number of rotatable bonds is 6. The second-order valence-electron chi connectivity index (χ2n) is 6.57. The third-order valence-corrected chi connectivity index (χ3v) is 5.60. The number of carbonyl (C=O) groups excluding carboxylic acids is 1. The fraction of sp³-hybridized carbons (Fsp3) is 0.300. The quantitative estimate of drug-likeness (QED) is 0.752. The van der Waals surface area contributed by atoms with Crippen LogP contribution in [0.1, 0.15) is 25.7 Å². The molecule has 0 radical (unpaired) electrons. The van der Waals surface area contributed by atoms with Crippen LogP contribution in [-0.4, -0.2) is 33.3 Å². The number of halogens is 1. The predicted molar refractivity (Wildman–Crippen MR) is 108 cm³/mol. The fourth-order valence-electron chi connectivity index (χ4n) is 2.82. The Morgan fingerprint density at radius 1 is 1.10 bits per heavy atom. The van der Waals surface area contributed by atoms with Crippen molar-refractivity contribution in [3.05, 3.63) is 54.3 Å². The third-order valence-electron chi connectivity index (χ3n) is 4.22. The zero-order valence-corrected chi connectivity index (χ0v) is 16.5. The summed E-state index contributed by atoms with van der Waals surface area (Å²) in [5, 5.41) is 2.57. The summed E-state index contributed by atoms with van der Waals surface area (Å²) >= 11 is 0. The van der Waals surface area contributed by atoms with E-state index >= 15 is 0 Å². The van der Waals surface area contributed by atoms with Gasteiger partial charge < -0.3 is 10.1 Å². The van der Waals surface area contributed by atoms with Gasteiger partial charge in [-0.3, -0.25) is 14.5 Å². The van der Waals surface area contributed by atoms with Crippen LogP contribution in [0.3, 0.4) is 0 Å². The molecule has 9 heteroatoms. The van der Waals surface area contributed by atoms with E-state index in [9.17, 15) is 17.6 Å². The summed E-state index contributed by atoms with van der Waals surface area (Å²) < 4.78 is 46.2. The number of nitrogens with one attached hydrogen (secondary N) is 2. The number of amidine groups is 1. The lowest BCUT2D eigenvalue weighted by Crippen LogP contribution is -2.30. The summed E-state index contributed by atoms with van der Waals surface area (Å²) in [6, 6.07) is 11.4. The second kappa shape index (κ2) is 9.51. The van der Waals surface area contributed by atoms with Crippen LogP contribution in [0.4, 0.5) is 10.1 Å². The molecule has 2 aromatic rings. The van der Waals surface area contributed by atoms with Crippen LogP contribution < -0.4 is 14.8 Å². The van der Waals surface area contributed by atoms with E-state index < -0.39 is 21.7 Å². The van der Waals surface area contributed by atoms with Crippen molar-refractivity contribution in [2.45, 2.75) is 30.6 Å². The molecule has 0 spiro atoms. The van der Waals surface area contributed by atoms with Crippen LogP contribution in [0.25, 0.3) is 0 Å². The lowest BCUT2D eigenvalue weighted by Gasteiger charge is -2.11. The van der Waals surface area contributed by atoms with Gasteiger partial charge in [0, 0.05) is 24.7 Å². The highest BCUT2D eigenvalue weighted by molar-refractivity contribution is 7.90. The summed E-state index contributed by atoms with van der Waals surface area (Å²) in [6.45, 7) is 0.273. The summed E-state index contributed by atoms with van der Waals surface area (Å²) in [5.74, 6) is -0.276. The number of ether oxygens (including phenoxy) is 1.